The van der Waals surface area contributed by atoms with Gasteiger partial charge in [0.05, 0.1) is 7.11 Å². The second-order valence-electron chi connectivity index (χ2n) is 7.37. The van der Waals surface area contributed by atoms with Gasteiger partial charge < -0.3 is 19.5 Å². The number of Topliss-reactive ketones (excluding diaryl/α,β-unsaturated/α-hetero) is 1. The lowest BCUT2D eigenvalue weighted by atomic mass is 10.0. The van der Waals surface area contributed by atoms with E-state index in [9.17, 15) is 4.79 Å². The third-order valence-electron chi connectivity index (χ3n) is 5.40. The third-order valence-corrected chi connectivity index (χ3v) is 5.40. The summed E-state index contributed by atoms with van der Waals surface area (Å²) in [6.07, 6.45) is 6.29. The summed E-state index contributed by atoms with van der Waals surface area (Å²) >= 11 is 0. The number of aromatic amines is 1. The molecule has 142 valence electrons. The minimum Gasteiger partial charge on any atom is -0.497 e. The Hall–Kier alpha value is -1.85. The molecule has 2 heterocycles. The lowest BCUT2D eigenvalue weighted by molar-refractivity contribution is -0.119. The Morgan fingerprint density at radius 2 is 1.92 bits per heavy atom. The maximum atomic E-state index is 12.2. The molecule has 1 N–H and O–H groups in total. The number of rotatable bonds is 9. The number of likely N-dealkylation sites (N-methyl/N-ethyl adjacent to an activating group) is 1. The molecule has 5 heteroatoms. The van der Waals surface area contributed by atoms with E-state index in [2.05, 4.69) is 34.1 Å². The van der Waals surface area contributed by atoms with Gasteiger partial charge in [-0.15, -0.1) is 0 Å². The number of aromatic nitrogens is 1. The average molecular weight is 357 g/mol. The van der Waals surface area contributed by atoms with Crippen molar-refractivity contribution < 1.29 is 9.53 Å². The number of H-pyrrole nitrogens is 1. The molecular formula is C21H31N3O2. The minimum absolute atomic E-state index is 0.400. The zero-order chi connectivity index (χ0) is 18.4. The highest BCUT2D eigenvalue weighted by Gasteiger charge is 2.13. The number of ether oxygens (including phenoxy) is 1. The van der Waals surface area contributed by atoms with Crippen LogP contribution in [0.1, 0.15) is 31.2 Å². The van der Waals surface area contributed by atoms with Crippen molar-refractivity contribution >= 4 is 16.7 Å². The van der Waals surface area contributed by atoms with Gasteiger partial charge in [-0.2, -0.15) is 0 Å². The fraction of sp³-hybridized carbons (Fsp3) is 0.571. The predicted octanol–water partition coefficient (Wildman–Crippen LogP) is 3.10. The number of carbonyl (C=O) groups is 1. The van der Waals surface area contributed by atoms with Crippen LogP contribution in [0, 0.1) is 0 Å². The van der Waals surface area contributed by atoms with Crippen molar-refractivity contribution in [1.82, 2.24) is 14.8 Å². The maximum Gasteiger partial charge on any atom is 0.132 e. The van der Waals surface area contributed by atoms with Crippen molar-refractivity contribution in [2.75, 3.05) is 46.9 Å². The molecule has 0 radical (unpaired) electrons. The van der Waals surface area contributed by atoms with Gasteiger partial charge in [0, 0.05) is 56.1 Å². The normalized spacial score (nSPS) is 16.2. The lowest BCUT2D eigenvalue weighted by Crippen LogP contribution is -2.44. The Kier molecular flexibility index (Phi) is 6.69. The van der Waals surface area contributed by atoms with Crippen molar-refractivity contribution in [3.63, 3.8) is 0 Å². The highest BCUT2D eigenvalue weighted by molar-refractivity contribution is 5.84. The summed E-state index contributed by atoms with van der Waals surface area (Å²) in [5.41, 5.74) is 2.39. The number of aryl methyl sites for hydroxylation is 1. The van der Waals surface area contributed by atoms with Crippen molar-refractivity contribution in [2.24, 2.45) is 0 Å². The Labute approximate surface area is 156 Å². The van der Waals surface area contributed by atoms with Gasteiger partial charge in [0.2, 0.25) is 0 Å². The fourth-order valence-electron chi connectivity index (χ4n) is 3.66. The second kappa shape index (κ2) is 9.19. The first-order chi connectivity index (χ1) is 12.7. The number of piperazine rings is 1. The van der Waals surface area contributed by atoms with Crippen LogP contribution in [0.5, 0.6) is 5.75 Å². The molecular weight excluding hydrogens is 326 g/mol. The van der Waals surface area contributed by atoms with E-state index in [1.165, 1.54) is 10.9 Å². The molecule has 0 saturated carbocycles. The molecule has 0 amide bonds. The minimum atomic E-state index is 0.400. The molecule has 1 saturated heterocycles. The molecule has 1 aliphatic rings. The number of hydrogen-bond acceptors (Lipinski definition) is 4. The van der Waals surface area contributed by atoms with Gasteiger partial charge in [-0.05, 0) is 56.6 Å². The summed E-state index contributed by atoms with van der Waals surface area (Å²) in [6.45, 7) is 5.61. The van der Waals surface area contributed by atoms with Crippen LogP contribution in [0.15, 0.2) is 24.4 Å². The van der Waals surface area contributed by atoms with E-state index < -0.39 is 0 Å². The van der Waals surface area contributed by atoms with Gasteiger partial charge in [0.15, 0.2) is 0 Å². The number of carbonyl (C=O) groups excluding carboxylic acids is 1. The zero-order valence-electron chi connectivity index (χ0n) is 16.1. The fourth-order valence-corrected chi connectivity index (χ4v) is 3.66. The van der Waals surface area contributed by atoms with Crippen LogP contribution in [0.2, 0.25) is 0 Å². The van der Waals surface area contributed by atoms with E-state index in [0.29, 0.717) is 18.6 Å². The predicted molar refractivity (Wildman–Crippen MR) is 106 cm³/mol. The number of fused-ring (bicyclic) bond motifs is 1. The number of benzene rings is 1. The number of hydrogen-bond donors (Lipinski definition) is 1. The molecule has 0 bridgehead atoms. The van der Waals surface area contributed by atoms with Crippen molar-refractivity contribution in [3.05, 3.63) is 30.0 Å². The topological polar surface area (TPSA) is 48.6 Å². The summed E-state index contributed by atoms with van der Waals surface area (Å²) in [5, 5.41) is 1.20. The molecule has 0 spiro atoms. The quantitative estimate of drug-likeness (QED) is 0.749. The van der Waals surface area contributed by atoms with Crippen LogP contribution in [-0.4, -0.2) is 67.4 Å². The van der Waals surface area contributed by atoms with Crippen molar-refractivity contribution in [1.29, 1.82) is 0 Å². The molecule has 0 aliphatic carbocycles. The summed E-state index contributed by atoms with van der Waals surface area (Å²) in [4.78, 5) is 20.3. The summed E-state index contributed by atoms with van der Waals surface area (Å²) < 4.78 is 5.31. The maximum absolute atomic E-state index is 12.2. The standard InChI is InChI=1S/C21H31N3O2/c1-23-11-13-24(14-12-23)10-4-7-18(25)6-3-5-17-16-22-21-9-8-19(26-2)15-20(17)21/h8-9,15-16,22H,3-7,10-14H2,1-2H3. The van der Waals surface area contributed by atoms with Gasteiger partial charge in [0.1, 0.15) is 11.5 Å². The number of ketones is 1. The number of methoxy groups -OCH3 is 1. The third kappa shape index (κ3) is 5.08. The summed E-state index contributed by atoms with van der Waals surface area (Å²) in [7, 11) is 3.86. The van der Waals surface area contributed by atoms with E-state index in [4.69, 9.17) is 4.74 Å². The van der Waals surface area contributed by atoms with Crippen LogP contribution in [0.25, 0.3) is 10.9 Å². The average Bonchev–Trinajstić information content (AvgIpc) is 3.05. The van der Waals surface area contributed by atoms with Crippen LogP contribution in [0.4, 0.5) is 0 Å². The van der Waals surface area contributed by atoms with E-state index in [0.717, 1.165) is 63.3 Å². The van der Waals surface area contributed by atoms with Gasteiger partial charge in [0.25, 0.3) is 0 Å². The molecule has 1 aromatic heterocycles. The number of nitrogens with zero attached hydrogens (tertiary/aromatic N) is 2. The van der Waals surface area contributed by atoms with Crippen molar-refractivity contribution in [3.8, 4) is 5.75 Å². The molecule has 1 aromatic carbocycles. The van der Waals surface area contributed by atoms with Gasteiger partial charge in [-0.1, -0.05) is 0 Å². The molecule has 0 atom stereocenters. The van der Waals surface area contributed by atoms with Crippen LogP contribution in [0.3, 0.4) is 0 Å². The smallest absolute Gasteiger partial charge is 0.132 e. The summed E-state index contributed by atoms with van der Waals surface area (Å²) in [6, 6.07) is 6.08. The van der Waals surface area contributed by atoms with Crippen LogP contribution >= 0.6 is 0 Å². The molecule has 26 heavy (non-hydrogen) atoms. The molecule has 0 unspecified atom stereocenters. The van der Waals surface area contributed by atoms with E-state index in [-0.39, 0.29) is 0 Å². The molecule has 5 nitrogen and oxygen atoms in total. The van der Waals surface area contributed by atoms with Crippen molar-refractivity contribution in [2.45, 2.75) is 32.1 Å². The molecule has 1 fully saturated rings. The van der Waals surface area contributed by atoms with Gasteiger partial charge in [-0.25, -0.2) is 0 Å². The molecule has 3 rings (SSSR count). The lowest BCUT2D eigenvalue weighted by Gasteiger charge is -2.32. The van der Waals surface area contributed by atoms with E-state index in [1.54, 1.807) is 7.11 Å². The Balaban J connectivity index is 1.37. The number of nitrogens with one attached hydrogen (secondary N) is 1. The van der Waals surface area contributed by atoms with Crippen LogP contribution in [-0.2, 0) is 11.2 Å². The monoisotopic (exact) mass is 357 g/mol. The van der Waals surface area contributed by atoms with Crippen LogP contribution < -0.4 is 4.74 Å². The first-order valence-corrected chi connectivity index (χ1v) is 9.72. The highest BCUT2D eigenvalue weighted by Crippen LogP contribution is 2.24. The van der Waals surface area contributed by atoms with E-state index in [1.807, 2.05) is 12.1 Å². The van der Waals surface area contributed by atoms with Gasteiger partial charge >= 0.3 is 0 Å². The molecule has 2 aromatic rings. The Morgan fingerprint density at radius 3 is 2.69 bits per heavy atom. The molecule has 1 aliphatic heterocycles. The van der Waals surface area contributed by atoms with Gasteiger partial charge in [-0.3, -0.25) is 4.79 Å². The highest BCUT2D eigenvalue weighted by atomic mass is 16.5. The summed E-state index contributed by atoms with van der Waals surface area (Å²) in [5.74, 6) is 1.27. The zero-order valence-corrected chi connectivity index (χ0v) is 16.1. The second-order valence-corrected chi connectivity index (χ2v) is 7.37. The first kappa shape index (κ1) is 18.9. The largest absolute Gasteiger partial charge is 0.497 e. The SMILES string of the molecule is COc1ccc2[nH]cc(CCCC(=O)CCCN3CCN(C)CC3)c2c1. The van der Waals surface area contributed by atoms with E-state index >= 15 is 0 Å². The Bertz CT molecular complexity index is 717. The Morgan fingerprint density at radius 1 is 1.15 bits per heavy atom. The first-order valence-electron chi connectivity index (χ1n) is 9.72.